The monoisotopic (exact) mass is 212 g/mol. The highest BCUT2D eigenvalue weighted by molar-refractivity contribution is 5.72. The van der Waals surface area contributed by atoms with E-state index in [1.807, 2.05) is 13.0 Å². The van der Waals surface area contributed by atoms with Gasteiger partial charge in [0.25, 0.3) is 0 Å². The third-order valence-electron chi connectivity index (χ3n) is 3.18. The molecule has 0 aromatic carbocycles. The van der Waals surface area contributed by atoms with Gasteiger partial charge in [0.1, 0.15) is 0 Å². The Morgan fingerprint density at radius 2 is 2.20 bits per heavy atom. The quantitative estimate of drug-likeness (QED) is 0.763. The molecule has 5 nitrogen and oxygen atoms in total. The minimum atomic E-state index is -1.35. The molecule has 0 spiro atoms. The lowest BCUT2D eigenvalue weighted by Crippen LogP contribution is -2.54. The third-order valence-corrected chi connectivity index (χ3v) is 3.18. The van der Waals surface area contributed by atoms with Crippen LogP contribution in [0.2, 0.25) is 0 Å². The lowest BCUT2D eigenvalue weighted by molar-refractivity contribution is -0.136. The SMILES string of the molecule is CC[C@@]1(C)OC(=O)N(CCC#N)[C@@]1(C)O. The van der Waals surface area contributed by atoms with Crippen molar-refractivity contribution < 1.29 is 14.6 Å². The van der Waals surface area contributed by atoms with Crippen molar-refractivity contribution in [2.45, 2.75) is 44.9 Å². The summed E-state index contributed by atoms with van der Waals surface area (Å²) in [6.45, 7) is 5.27. The average molecular weight is 212 g/mol. The molecule has 1 fully saturated rings. The smallest absolute Gasteiger partial charge is 0.412 e. The van der Waals surface area contributed by atoms with Crippen LogP contribution < -0.4 is 0 Å². The van der Waals surface area contributed by atoms with Crippen LogP contribution in [-0.2, 0) is 4.74 Å². The van der Waals surface area contributed by atoms with Crippen LogP contribution >= 0.6 is 0 Å². The van der Waals surface area contributed by atoms with Gasteiger partial charge in [-0.3, -0.25) is 4.90 Å². The van der Waals surface area contributed by atoms with E-state index in [9.17, 15) is 9.90 Å². The molecule has 1 heterocycles. The molecule has 1 N–H and O–H groups in total. The van der Waals surface area contributed by atoms with Gasteiger partial charge in [-0.2, -0.15) is 5.26 Å². The maximum atomic E-state index is 11.5. The summed E-state index contributed by atoms with van der Waals surface area (Å²) in [5, 5.41) is 18.7. The number of nitrogens with zero attached hydrogens (tertiary/aromatic N) is 2. The Bertz CT molecular complexity index is 308. The zero-order chi connectivity index (χ0) is 11.7. The van der Waals surface area contributed by atoms with Crippen molar-refractivity contribution in [3.05, 3.63) is 0 Å². The van der Waals surface area contributed by atoms with E-state index in [2.05, 4.69) is 0 Å². The molecule has 1 amide bonds. The fourth-order valence-electron chi connectivity index (χ4n) is 1.69. The topological polar surface area (TPSA) is 73.6 Å². The summed E-state index contributed by atoms with van der Waals surface area (Å²) in [6.07, 6.45) is 0.152. The van der Waals surface area contributed by atoms with Crippen LogP contribution in [0.25, 0.3) is 0 Å². The maximum Gasteiger partial charge on any atom is 0.412 e. The van der Waals surface area contributed by atoms with Gasteiger partial charge in [0.2, 0.25) is 0 Å². The van der Waals surface area contributed by atoms with Crippen molar-refractivity contribution in [3.8, 4) is 6.07 Å². The molecule has 0 aromatic heterocycles. The largest absolute Gasteiger partial charge is 0.438 e. The number of rotatable bonds is 3. The van der Waals surface area contributed by atoms with Crippen LogP contribution in [0, 0.1) is 11.3 Å². The molecule has 0 aliphatic carbocycles. The van der Waals surface area contributed by atoms with E-state index in [1.165, 1.54) is 4.90 Å². The second-order valence-electron chi connectivity index (χ2n) is 4.03. The predicted octanol–water partition coefficient (Wildman–Crippen LogP) is 1.23. The van der Waals surface area contributed by atoms with Gasteiger partial charge in [-0.1, -0.05) is 6.92 Å². The Labute approximate surface area is 89.2 Å². The van der Waals surface area contributed by atoms with E-state index < -0.39 is 17.4 Å². The van der Waals surface area contributed by atoms with E-state index in [0.29, 0.717) is 6.42 Å². The van der Waals surface area contributed by atoms with Gasteiger partial charge >= 0.3 is 6.09 Å². The van der Waals surface area contributed by atoms with Crippen LogP contribution in [0.15, 0.2) is 0 Å². The molecule has 84 valence electrons. The molecule has 1 aliphatic rings. The fraction of sp³-hybridized carbons (Fsp3) is 0.800. The first kappa shape index (κ1) is 11.8. The molecule has 0 aromatic rings. The molecule has 0 unspecified atom stereocenters. The van der Waals surface area contributed by atoms with Gasteiger partial charge < -0.3 is 9.84 Å². The van der Waals surface area contributed by atoms with Crippen molar-refractivity contribution in [2.75, 3.05) is 6.54 Å². The molecule has 1 rings (SSSR count). The van der Waals surface area contributed by atoms with Crippen molar-refractivity contribution in [1.29, 1.82) is 5.26 Å². The number of hydrogen-bond acceptors (Lipinski definition) is 4. The standard InChI is InChI=1S/C10H16N2O3/c1-4-9(2)10(3,14)12(7-5-6-11)8(13)15-9/h14H,4-5,7H2,1-3H3/t9-,10+/m1/s1. The van der Waals surface area contributed by atoms with E-state index in [0.717, 1.165) is 0 Å². The highest BCUT2D eigenvalue weighted by atomic mass is 16.6. The number of hydrogen-bond donors (Lipinski definition) is 1. The highest BCUT2D eigenvalue weighted by Gasteiger charge is 2.57. The third kappa shape index (κ3) is 1.65. The Hall–Kier alpha value is -1.28. The van der Waals surface area contributed by atoms with Crippen LogP contribution in [0.1, 0.15) is 33.6 Å². The summed E-state index contributed by atoms with van der Waals surface area (Å²) in [4.78, 5) is 12.7. The normalized spacial score (nSPS) is 35.1. The van der Waals surface area contributed by atoms with Crippen LogP contribution in [0.3, 0.4) is 0 Å². The Kier molecular flexibility index (Phi) is 2.91. The number of carbonyl (C=O) groups is 1. The first-order valence-electron chi connectivity index (χ1n) is 4.99. The Morgan fingerprint density at radius 1 is 1.60 bits per heavy atom. The Balaban J connectivity index is 2.91. The first-order chi connectivity index (χ1) is 6.89. The molecule has 15 heavy (non-hydrogen) atoms. The molecular formula is C10H16N2O3. The predicted molar refractivity (Wildman–Crippen MR) is 52.7 cm³/mol. The maximum absolute atomic E-state index is 11.5. The number of amides is 1. The fourth-order valence-corrected chi connectivity index (χ4v) is 1.69. The zero-order valence-corrected chi connectivity index (χ0v) is 9.28. The highest BCUT2D eigenvalue weighted by Crippen LogP contribution is 2.39. The van der Waals surface area contributed by atoms with Gasteiger partial charge in [0.05, 0.1) is 12.5 Å². The van der Waals surface area contributed by atoms with E-state index in [-0.39, 0.29) is 13.0 Å². The lowest BCUT2D eigenvalue weighted by atomic mass is 9.91. The molecule has 1 saturated heterocycles. The van der Waals surface area contributed by atoms with Crippen molar-refractivity contribution >= 4 is 6.09 Å². The lowest BCUT2D eigenvalue weighted by Gasteiger charge is -2.36. The van der Waals surface area contributed by atoms with Gasteiger partial charge in [-0.05, 0) is 20.3 Å². The number of carbonyl (C=O) groups excluding carboxylic acids is 1. The van der Waals surface area contributed by atoms with Gasteiger partial charge in [-0.15, -0.1) is 0 Å². The number of nitriles is 1. The van der Waals surface area contributed by atoms with Gasteiger partial charge in [-0.25, -0.2) is 4.79 Å². The van der Waals surface area contributed by atoms with Crippen molar-refractivity contribution in [2.24, 2.45) is 0 Å². The second kappa shape index (κ2) is 3.70. The molecule has 0 radical (unpaired) electrons. The molecule has 2 atom stereocenters. The minimum Gasteiger partial charge on any atom is -0.438 e. The summed E-state index contributed by atoms with van der Waals surface area (Å²) < 4.78 is 5.15. The van der Waals surface area contributed by atoms with Crippen molar-refractivity contribution in [1.82, 2.24) is 4.90 Å². The number of ether oxygens (including phenoxy) is 1. The average Bonchev–Trinajstić information content (AvgIpc) is 2.33. The summed E-state index contributed by atoms with van der Waals surface area (Å²) in [6, 6.07) is 1.94. The first-order valence-corrected chi connectivity index (χ1v) is 4.99. The van der Waals surface area contributed by atoms with Crippen LogP contribution in [0.4, 0.5) is 4.79 Å². The summed E-state index contributed by atoms with van der Waals surface area (Å²) in [5.41, 5.74) is -2.25. The molecular weight excluding hydrogens is 196 g/mol. The van der Waals surface area contributed by atoms with Crippen LogP contribution in [-0.4, -0.2) is 34.0 Å². The van der Waals surface area contributed by atoms with Crippen molar-refractivity contribution in [3.63, 3.8) is 0 Å². The van der Waals surface area contributed by atoms with Gasteiger partial charge in [0, 0.05) is 6.54 Å². The molecule has 1 aliphatic heterocycles. The van der Waals surface area contributed by atoms with E-state index >= 15 is 0 Å². The molecule has 5 heteroatoms. The second-order valence-corrected chi connectivity index (χ2v) is 4.03. The molecule has 0 bridgehead atoms. The summed E-state index contributed by atoms with van der Waals surface area (Å²) in [7, 11) is 0. The summed E-state index contributed by atoms with van der Waals surface area (Å²) >= 11 is 0. The molecule has 0 saturated carbocycles. The summed E-state index contributed by atoms with van der Waals surface area (Å²) in [5.74, 6) is 0. The van der Waals surface area contributed by atoms with E-state index in [4.69, 9.17) is 10.00 Å². The number of aliphatic hydroxyl groups is 1. The van der Waals surface area contributed by atoms with Gasteiger partial charge in [0.15, 0.2) is 11.3 Å². The minimum absolute atomic E-state index is 0.186. The Morgan fingerprint density at radius 3 is 2.60 bits per heavy atom. The number of cyclic esters (lactones) is 1. The van der Waals surface area contributed by atoms with Crippen LogP contribution in [0.5, 0.6) is 0 Å². The van der Waals surface area contributed by atoms with E-state index in [1.54, 1.807) is 13.8 Å². The zero-order valence-electron chi connectivity index (χ0n) is 9.28.